The number of aliphatic hydroxyl groups is 4. The summed E-state index contributed by atoms with van der Waals surface area (Å²) in [5.41, 5.74) is 0. The van der Waals surface area contributed by atoms with Crippen LogP contribution >= 0.6 is 0 Å². The van der Waals surface area contributed by atoms with Crippen LogP contribution in [0.4, 0.5) is 0 Å². The second kappa shape index (κ2) is 5.55. The van der Waals surface area contributed by atoms with Gasteiger partial charge in [0.05, 0.1) is 13.2 Å². The molecule has 1 aliphatic rings. The number of rotatable bonds is 4. The number of hydrogen-bond donors (Lipinski definition) is 4. The van der Waals surface area contributed by atoms with Crippen molar-refractivity contribution in [1.29, 1.82) is 0 Å². The van der Waals surface area contributed by atoms with Gasteiger partial charge in [-0.2, -0.15) is 0 Å². The molecule has 0 aliphatic carbocycles. The van der Waals surface area contributed by atoms with Gasteiger partial charge in [0, 0.05) is 0 Å². The highest BCUT2D eigenvalue weighted by Gasteiger charge is 2.43. The number of ether oxygens (including phenoxy) is 2. The van der Waals surface area contributed by atoms with Crippen LogP contribution in [0, 0.1) is 0 Å². The van der Waals surface area contributed by atoms with Crippen molar-refractivity contribution in [3.05, 3.63) is 12.7 Å². The Morgan fingerprint density at radius 1 is 1.20 bits per heavy atom. The minimum Gasteiger partial charge on any atom is -0.394 e. The quantitative estimate of drug-likeness (QED) is 0.408. The first kappa shape index (κ1) is 12.6. The second-order valence-electron chi connectivity index (χ2n) is 3.32. The van der Waals surface area contributed by atoms with Gasteiger partial charge in [-0.15, -0.1) is 6.58 Å². The summed E-state index contributed by atoms with van der Waals surface area (Å²) in [6.45, 7) is 3.10. The Balaban J connectivity index is 2.60. The summed E-state index contributed by atoms with van der Waals surface area (Å²) in [7, 11) is 0. The molecule has 4 N–H and O–H groups in total. The van der Waals surface area contributed by atoms with Gasteiger partial charge in [-0.1, -0.05) is 6.08 Å². The highest BCUT2D eigenvalue weighted by Crippen LogP contribution is 2.21. The summed E-state index contributed by atoms with van der Waals surface area (Å²) in [6.07, 6.45) is -4.64. The van der Waals surface area contributed by atoms with E-state index in [4.69, 9.17) is 14.6 Å². The topological polar surface area (TPSA) is 99.4 Å². The van der Waals surface area contributed by atoms with Gasteiger partial charge < -0.3 is 29.9 Å². The van der Waals surface area contributed by atoms with E-state index >= 15 is 0 Å². The molecule has 6 nitrogen and oxygen atoms in total. The summed E-state index contributed by atoms with van der Waals surface area (Å²) in [5.74, 6) is 0. The normalized spacial score (nSPS) is 41.5. The van der Waals surface area contributed by atoms with Crippen LogP contribution in [0.2, 0.25) is 0 Å². The van der Waals surface area contributed by atoms with Crippen LogP contribution in [0.15, 0.2) is 12.7 Å². The lowest BCUT2D eigenvalue weighted by atomic mass is 9.99. The van der Waals surface area contributed by atoms with Crippen LogP contribution in [0.5, 0.6) is 0 Å². The van der Waals surface area contributed by atoms with Crippen LogP contribution in [0.3, 0.4) is 0 Å². The molecule has 1 rings (SSSR count). The Hall–Kier alpha value is -0.500. The lowest BCUT2D eigenvalue weighted by molar-refractivity contribution is -0.298. The molecule has 0 amide bonds. The Bertz CT molecular complexity index is 207. The minimum absolute atomic E-state index is 0.142. The molecule has 2 unspecified atom stereocenters. The van der Waals surface area contributed by atoms with E-state index in [-0.39, 0.29) is 6.61 Å². The van der Waals surface area contributed by atoms with Gasteiger partial charge in [0.15, 0.2) is 6.29 Å². The summed E-state index contributed by atoms with van der Waals surface area (Å²) in [6, 6.07) is 0. The van der Waals surface area contributed by atoms with E-state index in [9.17, 15) is 15.3 Å². The van der Waals surface area contributed by atoms with Crippen molar-refractivity contribution in [3.63, 3.8) is 0 Å². The molecule has 1 fully saturated rings. The molecule has 5 atom stereocenters. The Kier molecular flexibility index (Phi) is 4.65. The van der Waals surface area contributed by atoms with E-state index in [1.165, 1.54) is 6.08 Å². The standard InChI is InChI=1S/C9H16O6/c1-2-3-14-9-8(13)7(12)6(11)5(4-10)15-9/h2,5-13H,1,3-4H2/t5?,6-,7?,8-,9+/m1/s1. The van der Waals surface area contributed by atoms with Crippen molar-refractivity contribution in [3.8, 4) is 0 Å². The van der Waals surface area contributed by atoms with Gasteiger partial charge in [0.25, 0.3) is 0 Å². The van der Waals surface area contributed by atoms with Crippen molar-refractivity contribution in [2.45, 2.75) is 30.7 Å². The average Bonchev–Trinajstić information content (AvgIpc) is 2.25. The predicted molar refractivity (Wildman–Crippen MR) is 49.9 cm³/mol. The molecule has 0 aromatic heterocycles. The van der Waals surface area contributed by atoms with E-state index in [0.29, 0.717) is 0 Å². The SMILES string of the molecule is C=CCO[C@H]1OC(CO)[C@@H](O)C(O)[C@H]1O. The van der Waals surface area contributed by atoms with Gasteiger partial charge in [0.2, 0.25) is 0 Å². The molecule has 6 heteroatoms. The molecule has 88 valence electrons. The maximum absolute atomic E-state index is 9.47. The van der Waals surface area contributed by atoms with Crippen molar-refractivity contribution < 1.29 is 29.9 Å². The van der Waals surface area contributed by atoms with Gasteiger partial charge in [-0.25, -0.2) is 0 Å². The molecule has 1 aliphatic heterocycles. The fraction of sp³-hybridized carbons (Fsp3) is 0.778. The maximum Gasteiger partial charge on any atom is 0.187 e. The molecular weight excluding hydrogens is 204 g/mol. The summed E-state index contributed by atoms with van der Waals surface area (Å²) < 4.78 is 10.1. The third-order valence-electron chi connectivity index (χ3n) is 2.23. The smallest absolute Gasteiger partial charge is 0.187 e. The molecule has 0 saturated carbocycles. The van der Waals surface area contributed by atoms with E-state index < -0.39 is 37.3 Å². The molecule has 0 radical (unpaired) electrons. The van der Waals surface area contributed by atoms with Crippen LogP contribution < -0.4 is 0 Å². The fourth-order valence-corrected chi connectivity index (χ4v) is 1.37. The third kappa shape index (κ3) is 2.75. The first-order chi connectivity index (χ1) is 7.11. The molecule has 0 bridgehead atoms. The van der Waals surface area contributed by atoms with Crippen LogP contribution in [0.25, 0.3) is 0 Å². The summed E-state index contributed by atoms with van der Waals surface area (Å²) in [5, 5.41) is 37.1. The lowest BCUT2D eigenvalue weighted by Gasteiger charge is -2.39. The molecule has 15 heavy (non-hydrogen) atoms. The molecular formula is C9H16O6. The van der Waals surface area contributed by atoms with E-state index in [2.05, 4.69) is 6.58 Å². The Morgan fingerprint density at radius 2 is 1.87 bits per heavy atom. The van der Waals surface area contributed by atoms with Crippen LogP contribution in [-0.2, 0) is 9.47 Å². The minimum atomic E-state index is -1.40. The summed E-state index contributed by atoms with van der Waals surface area (Å²) in [4.78, 5) is 0. The van der Waals surface area contributed by atoms with Crippen molar-refractivity contribution in [1.82, 2.24) is 0 Å². The fourth-order valence-electron chi connectivity index (χ4n) is 1.37. The van der Waals surface area contributed by atoms with Gasteiger partial charge in [-0.3, -0.25) is 0 Å². The molecule has 0 aromatic rings. The van der Waals surface area contributed by atoms with Crippen molar-refractivity contribution in [2.75, 3.05) is 13.2 Å². The van der Waals surface area contributed by atoms with Gasteiger partial charge >= 0.3 is 0 Å². The van der Waals surface area contributed by atoms with Gasteiger partial charge in [-0.05, 0) is 0 Å². The van der Waals surface area contributed by atoms with Crippen LogP contribution in [0.1, 0.15) is 0 Å². The van der Waals surface area contributed by atoms with E-state index in [1.807, 2.05) is 0 Å². The monoisotopic (exact) mass is 220 g/mol. The third-order valence-corrected chi connectivity index (χ3v) is 2.23. The second-order valence-corrected chi connectivity index (χ2v) is 3.32. The first-order valence-electron chi connectivity index (χ1n) is 4.64. The maximum atomic E-state index is 9.47. The van der Waals surface area contributed by atoms with E-state index in [1.54, 1.807) is 0 Å². The van der Waals surface area contributed by atoms with Crippen molar-refractivity contribution in [2.24, 2.45) is 0 Å². The molecule has 1 saturated heterocycles. The highest BCUT2D eigenvalue weighted by molar-refractivity contribution is 4.89. The zero-order valence-electron chi connectivity index (χ0n) is 8.19. The first-order valence-corrected chi connectivity index (χ1v) is 4.64. The van der Waals surface area contributed by atoms with E-state index in [0.717, 1.165) is 0 Å². The highest BCUT2D eigenvalue weighted by atomic mass is 16.7. The van der Waals surface area contributed by atoms with Crippen molar-refractivity contribution >= 4 is 0 Å². The predicted octanol–water partition coefficient (Wildman–Crippen LogP) is -2.01. The molecule has 0 spiro atoms. The summed E-state index contributed by atoms with van der Waals surface area (Å²) >= 11 is 0. The average molecular weight is 220 g/mol. The zero-order chi connectivity index (χ0) is 11.4. The van der Waals surface area contributed by atoms with Gasteiger partial charge in [0.1, 0.15) is 24.4 Å². The number of aliphatic hydroxyl groups excluding tert-OH is 4. The largest absolute Gasteiger partial charge is 0.394 e. The Labute approximate surface area is 87.4 Å². The Morgan fingerprint density at radius 3 is 2.40 bits per heavy atom. The number of hydrogen-bond acceptors (Lipinski definition) is 6. The lowest BCUT2D eigenvalue weighted by Crippen LogP contribution is -2.59. The van der Waals surface area contributed by atoms with Crippen LogP contribution in [-0.4, -0.2) is 64.3 Å². The molecule has 0 aromatic carbocycles. The molecule has 1 heterocycles. The zero-order valence-corrected chi connectivity index (χ0v) is 8.19.